The second-order valence-electron chi connectivity index (χ2n) is 9.16. The molecule has 3 aromatic rings. The first-order valence-corrected chi connectivity index (χ1v) is 11.8. The number of hydrogen-bond donors (Lipinski definition) is 2. The average Bonchev–Trinajstić information content (AvgIpc) is 2.85. The molecule has 2 aromatic carbocycles. The molecular weight excluding hydrogens is 429 g/mol. The van der Waals surface area contributed by atoms with E-state index in [2.05, 4.69) is 20.6 Å². The summed E-state index contributed by atoms with van der Waals surface area (Å²) in [6.07, 6.45) is 5.37. The van der Waals surface area contributed by atoms with Crippen LogP contribution < -0.4 is 15.5 Å². The lowest BCUT2D eigenvalue weighted by molar-refractivity contribution is -0.123. The van der Waals surface area contributed by atoms with Crippen molar-refractivity contribution in [3.8, 4) is 11.1 Å². The van der Waals surface area contributed by atoms with E-state index >= 15 is 0 Å². The third kappa shape index (κ3) is 5.71. The van der Waals surface area contributed by atoms with Crippen LogP contribution in [0.2, 0.25) is 0 Å². The fraction of sp³-hybridized carbons (Fsp3) is 0.370. The Kier molecular flexibility index (Phi) is 7.40. The highest BCUT2D eigenvalue weighted by atomic mass is 19.1. The van der Waals surface area contributed by atoms with E-state index in [0.717, 1.165) is 37.1 Å². The quantitative estimate of drug-likeness (QED) is 0.519. The van der Waals surface area contributed by atoms with Crippen molar-refractivity contribution in [1.82, 2.24) is 15.3 Å². The van der Waals surface area contributed by atoms with Crippen LogP contribution in [-0.2, 0) is 4.79 Å². The van der Waals surface area contributed by atoms with E-state index in [1.54, 1.807) is 12.3 Å². The van der Waals surface area contributed by atoms with Gasteiger partial charge in [-0.15, -0.1) is 0 Å². The van der Waals surface area contributed by atoms with E-state index in [1.165, 1.54) is 6.07 Å². The molecular formula is C27H32FN5O. The van der Waals surface area contributed by atoms with Gasteiger partial charge < -0.3 is 15.5 Å². The summed E-state index contributed by atoms with van der Waals surface area (Å²) in [5.74, 6) is 0.701. The van der Waals surface area contributed by atoms with E-state index in [0.29, 0.717) is 17.1 Å². The number of nitrogens with one attached hydrogen (secondary N) is 2. The highest BCUT2D eigenvalue weighted by Gasteiger charge is 2.25. The molecule has 178 valence electrons. The van der Waals surface area contributed by atoms with Crippen LogP contribution in [-0.4, -0.2) is 42.1 Å². The van der Waals surface area contributed by atoms with Gasteiger partial charge in [0.25, 0.3) is 0 Å². The Morgan fingerprint density at radius 1 is 1.03 bits per heavy atom. The molecule has 1 fully saturated rings. The van der Waals surface area contributed by atoms with Crippen LogP contribution in [0.3, 0.4) is 0 Å². The summed E-state index contributed by atoms with van der Waals surface area (Å²) < 4.78 is 14.8. The molecule has 0 radical (unpaired) electrons. The normalized spacial score (nSPS) is 18.7. The number of carbonyl (C=O) groups excluding carboxylic acids is 1. The number of hydrogen-bond acceptors (Lipinski definition) is 5. The molecule has 1 aromatic heterocycles. The molecule has 4 rings (SSSR count). The van der Waals surface area contributed by atoms with Gasteiger partial charge >= 0.3 is 0 Å². The second-order valence-corrected chi connectivity index (χ2v) is 9.16. The first-order valence-electron chi connectivity index (χ1n) is 11.8. The fourth-order valence-corrected chi connectivity index (χ4v) is 4.36. The van der Waals surface area contributed by atoms with E-state index < -0.39 is 5.92 Å². The van der Waals surface area contributed by atoms with Crippen molar-refractivity contribution in [1.29, 1.82) is 0 Å². The summed E-state index contributed by atoms with van der Waals surface area (Å²) in [6.45, 7) is 1.83. The predicted octanol–water partition coefficient (Wildman–Crippen LogP) is 4.99. The van der Waals surface area contributed by atoms with Gasteiger partial charge in [0.05, 0.1) is 5.92 Å². The molecule has 2 N–H and O–H groups in total. The molecule has 1 heterocycles. The van der Waals surface area contributed by atoms with Crippen LogP contribution in [0.1, 0.15) is 44.1 Å². The molecule has 1 aliphatic carbocycles. The molecule has 0 bridgehead atoms. The van der Waals surface area contributed by atoms with Crippen molar-refractivity contribution >= 4 is 17.7 Å². The summed E-state index contributed by atoms with van der Waals surface area (Å²) in [5.41, 5.74) is 2.05. The van der Waals surface area contributed by atoms with Gasteiger partial charge in [0.2, 0.25) is 11.9 Å². The van der Waals surface area contributed by atoms with E-state index in [1.807, 2.05) is 68.4 Å². The number of anilines is 2. The molecule has 0 saturated heterocycles. The van der Waals surface area contributed by atoms with Gasteiger partial charge in [0.15, 0.2) is 0 Å². The van der Waals surface area contributed by atoms with E-state index in [4.69, 9.17) is 0 Å². The molecule has 0 spiro atoms. The number of amides is 1. The second kappa shape index (κ2) is 10.6. The fourth-order valence-electron chi connectivity index (χ4n) is 4.36. The van der Waals surface area contributed by atoms with Gasteiger partial charge in [-0.25, -0.2) is 9.37 Å². The Bertz CT molecular complexity index is 1110. The third-order valence-corrected chi connectivity index (χ3v) is 6.48. The van der Waals surface area contributed by atoms with Crippen LogP contribution in [0.4, 0.5) is 16.2 Å². The number of nitrogens with zero attached hydrogens (tertiary/aromatic N) is 3. The third-order valence-electron chi connectivity index (χ3n) is 6.48. The first-order chi connectivity index (χ1) is 16.4. The van der Waals surface area contributed by atoms with Gasteiger partial charge in [0, 0.05) is 37.9 Å². The molecule has 1 unspecified atom stereocenters. The number of aromatic nitrogens is 2. The van der Waals surface area contributed by atoms with Crippen LogP contribution in [0.15, 0.2) is 60.8 Å². The van der Waals surface area contributed by atoms with Gasteiger partial charge in [-0.1, -0.05) is 42.5 Å². The van der Waals surface area contributed by atoms with Crippen LogP contribution in [0, 0.1) is 5.82 Å². The molecule has 34 heavy (non-hydrogen) atoms. The molecule has 1 amide bonds. The molecule has 1 aliphatic rings. The molecule has 0 aliphatic heterocycles. The zero-order valence-electron chi connectivity index (χ0n) is 20.0. The summed E-state index contributed by atoms with van der Waals surface area (Å²) in [5, 5.41) is 6.58. The Labute approximate surface area is 200 Å². The molecule has 7 heteroatoms. The number of carbonyl (C=O) groups is 1. The maximum absolute atomic E-state index is 14.8. The Hall–Kier alpha value is -3.48. The van der Waals surface area contributed by atoms with Crippen LogP contribution in [0.5, 0.6) is 0 Å². The summed E-state index contributed by atoms with van der Waals surface area (Å²) >= 11 is 0. The topological polar surface area (TPSA) is 70.2 Å². The zero-order chi connectivity index (χ0) is 24.1. The van der Waals surface area contributed by atoms with Gasteiger partial charge in [-0.2, -0.15) is 4.98 Å². The summed E-state index contributed by atoms with van der Waals surface area (Å²) in [6, 6.07) is 16.8. The maximum atomic E-state index is 14.8. The summed E-state index contributed by atoms with van der Waals surface area (Å²) in [7, 11) is 3.90. The van der Waals surface area contributed by atoms with Crippen LogP contribution >= 0.6 is 0 Å². The highest BCUT2D eigenvalue weighted by molar-refractivity contribution is 5.83. The number of halogens is 1. The monoisotopic (exact) mass is 461 g/mol. The van der Waals surface area contributed by atoms with Crippen LogP contribution in [0.25, 0.3) is 11.1 Å². The Morgan fingerprint density at radius 2 is 1.74 bits per heavy atom. The van der Waals surface area contributed by atoms with E-state index in [-0.39, 0.29) is 23.8 Å². The lowest BCUT2D eigenvalue weighted by Gasteiger charge is -2.30. The minimum absolute atomic E-state index is 0.0645. The van der Waals surface area contributed by atoms with Gasteiger partial charge in [-0.05, 0) is 55.9 Å². The number of benzene rings is 2. The standard InChI is InChI=1S/C27H32FN5O/c1-18(20-9-14-23(24(28)17-20)19-7-5-4-6-8-19)26(34)30-21-10-12-22(13-11-21)31-27-29-16-15-25(32-27)33(2)3/h4-9,14-18,21-22H,10-13H2,1-3H3,(H,30,34)(H,29,31,32)/t18?,21-,22+. The van der Waals surface area contributed by atoms with Crippen molar-refractivity contribution < 1.29 is 9.18 Å². The largest absolute Gasteiger partial charge is 0.363 e. The minimum Gasteiger partial charge on any atom is -0.363 e. The molecule has 1 atom stereocenters. The first kappa shape index (κ1) is 23.7. The van der Waals surface area contributed by atoms with Crippen molar-refractivity contribution in [3.63, 3.8) is 0 Å². The SMILES string of the molecule is CC(C(=O)N[C@H]1CC[C@@H](Nc2nccc(N(C)C)n2)CC1)c1ccc(-c2ccccc2)c(F)c1. The number of rotatable bonds is 7. The van der Waals surface area contributed by atoms with Gasteiger partial charge in [-0.3, -0.25) is 4.79 Å². The highest BCUT2D eigenvalue weighted by Crippen LogP contribution is 2.27. The summed E-state index contributed by atoms with van der Waals surface area (Å²) in [4.78, 5) is 23.7. The lowest BCUT2D eigenvalue weighted by atomic mass is 9.90. The minimum atomic E-state index is -0.419. The Balaban J connectivity index is 1.30. The van der Waals surface area contributed by atoms with Crippen molar-refractivity contribution in [2.45, 2.75) is 50.6 Å². The maximum Gasteiger partial charge on any atom is 0.227 e. The van der Waals surface area contributed by atoms with Crippen molar-refractivity contribution in [2.24, 2.45) is 0 Å². The predicted molar refractivity (Wildman–Crippen MR) is 134 cm³/mol. The van der Waals surface area contributed by atoms with E-state index in [9.17, 15) is 9.18 Å². The smallest absolute Gasteiger partial charge is 0.227 e. The zero-order valence-corrected chi connectivity index (χ0v) is 20.0. The van der Waals surface area contributed by atoms with Crippen molar-refractivity contribution in [2.75, 3.05) is 24.3 Å². The molecule has 6 nitrogen and oxygen atoms in total. The lowest BCUT2D eigenvalue weighted by Crippen LogP contribution is -2.41. The average molecular weight is 462 g/mol. The van der Waals surface area contributed by atoms with Crippen molar-refractivity contribution in [3.05, 3.63) is 72.2 Å². The molecule has 1 saturated carbocycles. The Morgan fingerprint density at radius 3 is 2.41 bits per heavy atom. The van der Waals surface area contributed by atoms with Gasteiger partial charge in [0.1, 0.15) is 11.6 Å².